The number of benzene rings is 2. The van der Waals surface area contributed by atoms with E-state index in [2.05, 4.69) is 39.4 Å². The van der Waals surface area contributed by atoms with Crippen molar-refractivity contribution < 1.29 is 9.18 Å². The molecule has 4 rings (SSSR count). The molecule has 2 fully saturated rings. The van der Waals surface area contributed by atoms with E-state index in [1.165, 1.54) is 43.1 Å². The van der Waals surface area contributed by atoms with Crippen LogP contribution in [0.15, 0.2) is 48.5 Å². The number of rotatable bonds is 7. The zero-order chi connectivity index (χ0) is 20.8. The van der Waals surface area contributed by atoms with Crippen LogP contribution in [0.4, 0.5) is 4.39 Å². The van der Waals surface area contributed by atoms with E-state index in [1.54, 1.807) is 6.07 Å². The molecule has 1 amide bonds. The number of hydrogen-bond donors (Lipinski definition) is 1. The van der Waals surface area contributed by atoms with Gasteiger partial charge in [0.2, 0.25) is 5.91 Å². The van der Waals surface area contributed by atoms with E-state index in [-0.39, 0.29) is 17.6 Å². The highest BCUT2D eigenvalue weighted by molar-refractivity contribution is 5.78. The maximum Gasteiger partial charge on any atom is 0.223 e. The number of amides is 1. The first-order chi connectivity index (χ1) is 14.7. The Morgan fingerprint density at radius 3 is 2.10 bits per heavy atom. The lowest BCUT2D eigenvalue weighted by molar-refractivity contribution is -0.126. The van der Waals surface area contributed by atoms with Gasteiger partial charge in [-0.2, -0.15) is 0 Å². The predicted octanol–water partition coefficient (Wildman–Crippen LogP) is 3.95. The Bertz CT molecular complexity index is 842. The minimum absolute atomic E-state index is 0.0487. The maximum absolute atomic E-state index is 13.9. The molecule has 0 unspecified atom stereocenters. The largest absolute Gasteiger partial charge is 0.352 e. The van der Waals surface area contributed by atoms with E-state index in [9.17, 15) is 9.18 Å². The normalized spacial score (nSPS) is 18.6. The zero-order valence-electron chi connectivity index (χ0n) is 17.7. The molecule has 160 valence electrons. The van der Waals surface area contributed by atoms with Crippen LogP contribution in [0.1, 0.15) is 42.4 Å². The van der Waals surface area contributed by atoms with Gasteiger partial charge in [-0.1, -0.05) is 42.5 Å². The fraction of sp³-hybridized carbons (Fsp3) is 0.480. The molecule has 2 aliphatic rings. The van der Waals surface area contributed by atoms with Crippen LogP contribution in [0.5, 0.6) is 0 Å². The summed E-state index contributed by atoms with van der Waals surface area (Å²) < 4.78 is 13.9. The van der Waals surface area contributed by atoms with Crippen LogP contribution in [0.2, 0.25) is 0 Å². The summed E-state index contributed by atoms with van der Waals surface area (Å²) in [6.07, 6.45) is 4.23. The molecule has 2 aliphatic heterocycles. The molecule has 0 atom stereocenters. The molecule has 0 saturated carbocycles. The second-order valence-electron chi connectivity index (χ2n) is 8.61. The summed E-state index contributed by atoms with van der Waals surface area (Å²) in [5, 5.41) is 3.17. The zero-order valence-corrected chi connectivity index (χ0v) is 17.7. The van der Waals surface area contributed by atoms with E-state index in [1.807, 2.05) is 12.1 Å². The first kappa shape index (κ1) is 21.0. The van der Waals surface area contributed by atoms with Crippen molar-refractivity contribution in [3.8, 4) is 0 Å². The highest BCUT2D eigenvalue weighted by Crippen LogP contribution is 2.21. The van der Waals surface area contributed by atoms with E-state index in [0.29, 0.717) is 13.1 Å². The molecule has 2 saturated heterocycles. The Hall–Kier alpha value is -2.24. The molecule has 4 nitrogen and oxygen atoms in total. The molecule has 2 heterocycles. The lowest BCUT2D eigenvalue weighted by Crippen LogP contribution is -2.40. The molecule has 0 bridgehead atoms. The van der Waals surface area contributed by atoms with Crippen molar-refractivity contribution in [3.05, 3.63) is 71.0 Å². The van der Waals surface area contributed by atoms with Crippen molar-refractivity contribution in [2.24, 2.45) is 5.92 Å². The Morgan fingerprint density at radius 1 is 0.833 bits per heavy atom. The standard InChI is InChI=1S/C25H32FN3O/c26-24-10-4-3-9-23(24)19-29-15-11-20(12-16-29)25(30)27-17-21-7-1-2-8-22(21)18-28-13-5-6-14-28/h1-4,7-10,20H,5-6,11-19H2,(H,27,30). The predicted molar refractivity (Wildman–Crippen MR) is 117 cm³/mol. The number of halogens is 1. The van der Waals surface area contributed by atoms with Crippen LogP contribution in [-0.2, 0) is 24.4 Å². The van der Waals surface area contributed by atoms with Crippen LogP contribution in [-0.4, -0.2) is 41.9 Å². The summed E-state index contributed by atoms with van der Waals surface area (Å²) in [4.78, 5) is 17.5. The summed E-state index contributed by atoms with van der Waals surface area (Å²) in [5.74, 6) is 0.0501. The van der Waals surface area contributed by atoms with Gasteiger partial charge in [-0.25, -0.2) is 4.39 Å². The lowest BCUT2D eigenvalue weighted by Gasteiger charge is -2.31. The Morgan fingerprint density at radius 2 is 1.40 bits per heavy atom. The molecule has 2 aromatic rings. The van der Waals surface area contributed by atoms with Gasteiger partial charge < -0.3 is 5.32 Å². The molecule has 5 heteroatoms. The molecule has 1 N–H and O–H groups in total. The van der Waals surface area contributed by atoms with Crippen LogP contribution in [0, 0.1) is 11.7 Å². The van der Waals surface area contributed by atoms with Crippen molar-refractivity contribution in [1.82, 2.24) is 15.1 Å². The van der Waals surface area contributed by atoms with Crippen LogP contribution >= 0.6 is 0 Å². The molecule has 0 spiro atoms. The van der Waals surface area contributed by atoms with E-state index in [4.69, 9.17) is 0 Å². The smallest absolute Gasteiger partial charge is 0.223 e. The first-order valence-corrected chi connectivity index (χ1v) is 11.2. The summed E-state index contributed by atoms with van der Waals surface area (Å²) in [6.45, 7) is 6.19. The van der Waals surface area contributed by atoms with E-state index < -0.39 is 0 Å². The Labute approximate surface area is 179 Å². The fourth-order valence-corrected chi connectivity index (χ4v) is 4.61. The molecular weight excluding hydrogens is 377 g/mol. The van der Waals surface area contributed by atoms with Crippen molar-refractivity contribution in [2.75, 3.05) is 26.2 Å². The van der Waals surface area contributed by atoms with E-state index in [0.717, 1.165) is 38.0 Å². The monoisotopic (exact) mass is 409 g/mol. The maximum atomic E-state index is 13.9. The van der Waals surface area contributed by atoms with Crippen molar-refractivity contribution in [2.45, 2.75) is 45.3 Å². The molecule has 0 aliphatic carbocycles. The summed E-state index contributed by atoms with van der Waals surface area (Å²) in [6, 6.07) is 15.4. The number of piperidine rings is 1. The third-order valence-electron chi connectivity index (χ3n) is 6.47. The van der Waals surface area contributed by atoms with Gasteiger partial charge in [0.1, 0.15) is 5.82 Å². The average Bonchev–Trinajstić information content (AvgIpc) is 3.28. The SMILES string of the molecule is O=C(NCc1ccccc1CN1CCCC1)C1CCN(Cc2ccccc2F)CC1. The average molecular weight is 410 g/mol. The number of hydrogen-bond acceptors (Lipinski definition) is 3. The van der Waals surface area contributed by atoms with Crippen molar-refractivity contribution in [3.63, 3.8) is 0 Å². The van der Waals surface area contributed by atoms with Gasteiger partial charge in [0.05, 0.1) is 0 Å². The Balaban J connectivity index is 1.25. The lowest BCUT2D eigenvalue weighted by atomic mass is 9.95. The molecule has 2 aromatic carbocycles. The van der Waals surface area contributed by atoms with Gasteiger partial charge in [-0.05, 0) is 69.1 Å². The molecule has 0 radical (unpaired) electrons. The van der Waals surface area contributed by atoms with Crippen molar-refractivity contribution >= 4 is 5.91 Å². The summed E-state index contributed by atoms with van der Waals surface area (Å²) in [7, 11) is 0. The minimum atomic E-state index is -0.148. The minimum Gasteiger partial charge on any atom is -0.352 e. The van der Waals surface area contributed by atoms with Crippen LogP contribution < -0.4 is 5.32 Å². The molecular formula is C25H32FN3O. The summed E-state index contributed by atoms with van der Waals surface area (Å²) >= 11 is 0. The highest BCUT2D eigenvalue weighted by atomic mass is 19.1. The number of nitrogens with zero attached hydrogens (tertiary/aromatic N) is 2. The number of carbonyl (C=O) groups is 1. The second kappa shape index (κ2) is 10.2. The number of carbonyl (C=O) groups excluding carboxylic acids is 1. The number of likely N-dealkylation sites (tertiary alicyclic amines) is 2. The van der Waals surface area contributed by atoms with Gasteiger partial charge in [0.15, 0.2) is 0 Å². The quantitative estimate of drug-likeness (QED) is 0.752. The van der Waals surface area contributed by atoms with Gasteiger partial charge >= 0.3 is 0 Å². The van der Waals surface area contributed by atoms with Crippen molar-refractivity contribution in [1.29, 1.82) is 0 Å². The Kier molecular flexibility index (Phi) is 7.13. The molecule has 0 aromatic heterocycles. The third-order valence-corrected chi connectivity index (χ3v) is 6.47. The van der Waals surface area contributed by atoms with Gasteiger partial charge in [0.25, 0.3) is 0 Å². The van der Waals surface area contributed by atoms with Gasteiger partial charge in [-0.15, -0.1) is 0 Å². The van der Waals surface area contributed by atoms with E-state index >= 15 is 0 Å². The van der Waals surface area contributed by atoms with Gasteiger partial charge in [-0.3, -0.25) is 14.6 Å². The van der Waals surface area contributed by atoms with Crippen LogP contribution in [0.25, 0.3) is 0 Å². The highest BCUT2D eigenvalue weighted by Gasteiger charge is 2.25. The fourth-order valence-electron chi connectivity index (χ4n) is 4.61. The first-order valence-electron chi connectivity index (χ1n) is 11.2. The summed E-state index contributed by atoms with van der Waals surface area (Å²) in [5.41, 5.74) is 3.27. The topological polar surface area (TPSA) is 35.6 Å². The second-order valence-corrected chi connectivity index (χ2v) is 8.61. The third kappa shape index (κ3) is 5.46. The van der Waals surface area contributed by atoms with Gasteiger partial charge in [0, 0.05) is 31.1 Å². The van der Waals surface area contributed by atoms with Crippen LogP contribution in [0.3, 0.4) is 0 Å². The number of nitrogens with one attached hydrogen (secondary N) is 1. The molecule has 30 heavy (non-hydrogen) atoms.